The highest BCUT2D eigenvalue weighted by molar-refractivity contribution is 6.01. The minimum Gasteiger partial charge on any atom is -0.497 e. The molecule has 4 rings (SSSR count). The molecule has 0 saturated carbocycles. The van der Waals surface area contributed by atoms with Crippen molar-refractivity contribution in [2.24, 2.45) is 0 Å². The first-order valence-corrected chi connectivity index (χ1v) is 13.1. The summed E-state index contributed by atoms with van der Waals surface area (Å²) in [6.07, 6.45) is 0.718. The van der Waals surface area contributed by atoms with E-state index >= 15 is 0 Å². The van der Waals surface area contributed by atoms with Crippen LogP contribution in [0.15, 0.2) is 72.8 Å². The zero-order chi connectivity index (χ0) is 28.0. The number of para-hydroxylation sites is 1. The lowest BCUT2D eigenvalue weighted by atomic mass is 9.98. The predicted octanol–water partition coefficient (Wildman–Crippen LogP) is 4.92. The largest absolute Gasteiger partial charge is 0.497 e. The van der Waals surface area contributed by atoms with E-state index in [-0.39, 0.29) is 18.4 Å². The van der Waals surface area contributed by atoms with Gasteiger partial charge in [-0.1, -0.05) is 36.4 Å². The molecule has 0 spiro atoms. The molecule has 4 aromatic rings. The fourth-order valence-corrected chi connectivity index (χ4v) is 4.24. The fraction of sp³-hybridized carbons (Fsp3) is 0.333. The highest BCUT2D eigenvalue weighted by atomic mass is 16.5. The van der Waals surface area contributed by atoms with Crippen molar-refractivity contribution in [1.82, 2.24) is 20.3 Å². The van der Waals surface area contributed by atoms with Gasteiger partial charge in [0.15, 0.2) is 0 Å². The molecule has 0 aliphatic rings. The number of ether oxygens (including phenoxy) is 2. The molecule has 0 radical (unpaired) electrons. The molecule has 1 heterocycles. The van der Waals surface area contributed by atoms with E-state index in [0.29, 0.717) is 34.9 Å². The zero-order valence-corrected chi connectivity index (χ0v) is 23.0. The van der Waals surface area contributed by atoms with Gasteiger partial charge in [-0.15, -0.1) is 5.10 Å². The molecule has 0 aliphatic heterocycles. The Kier molecular flexibility index (Phi) is 8.49. The first kappa shape index (κ1) is 27.6. The van der Waals surface area contributed by atoms with Crippen LogP contribution < -0.4 is 19.7 Å². The molecule has 0 fully saturated rings. The predicted molar refractivity (Wildman–Crippen MR) is 151 cm³/mol. The number of rotatable bonds is 11. The number of aromatic nitrogens is 3. The summed E-state index contributed by atoms with van der Waals surface area (Å²) in [6.45, 7) is 8.25. The smallest absolute Gasteiger partial charge is 0.249 e. The summed E-state index contributed by atoms with van der Waals surface area (Å²) in [5, 5.41) is 11.5. The van der Waals surface area contributed by atoms with E-state index in [1.807, 2.05) is 64.1 Å². The van der Waals surface area contributed by atoms with Gasteiger partial charge in [0.1, 0.15) is 29.6 Å². The van der Waals surface area contributed by atoms with E-state index in [2.05, 4.69) is 15.6 Å². The van der Waals surface area contributed by atoms with Crippen molar-refractivity contribution < 1.29 is 19.1 Å². The van der Waals surface area contributed by atoms with Crippen LogP contribution in [0.2, 0.25) is 0 Å². The van der Waals surface area contributed by atoms with Gasteiger partial charge >= 0.3 is 0 Å². The van der Waals surface area contributed by atoms with Gasteiger partial charge in [-0.25, -0.2) is 4.68 Å². The average molecular weight is 530 g/mol. The number of nitrogens with zero attached hydrogens (tertiary/aromatic N) is 4. The normalized spacial score (nSPS) is 12.1. The van der Waals surface area contributed by atoms with Gasteiger partial charge in [-0.2, -0.15) is 0 Å². The van der Waals surface area contributed by atoms with Crippen LogP contribution in [-0.4, -0.2) is 46.1 Å². The molecule has 0 bridgehead atoms. The van der Waals surface area contributed by atoms with Crippen LogP contribution in [0.1, 0.15) is 45.7 Å². The second-order valence-electron chi connectivity index (χ2n) is 9.83. The number of anilines is 1. The van der Waals surface area contributed by atoms with Crippen molar-refractivity contribution in [1.29, 1.82) is 0 Å². The minimum atomic E-state index is -0.957. The molecule has 0 saturated heterocycles. The van der Waals surface area contributed by atoms with E-state index in [1.165, 1.54) is 4.90 Å². The lowest BCUT2D eigenvalue weighted by molar-refractivity contribution is -0.128. The molecule has 39 heavy (non-hydrogen) atoms. The molecule has 3 aromatic carbocycles. The SMILES string of the molecule is CCOc1ccc(N(C(=O)Cn2nnc3ccccc32)C(C(=O)NC(C)(C)CC)c2ccc(OC)cc2)cc1. The number of nitrogens with one attached hydrogen (secondary N) is 1. The standard InChI is InChI=1S/C30H35N5O4/c1-6-30(3,4)31-29(37)28(21-12-16-23(38-5)17-13-21)35(22-14-18-24(19-15-22)39-7-2)27(36)20-34-26-11-9-8-10-25(26)32-33-34/h8-19,28H,6-7,20H2,1-5H3,(H,31,37). The van der Waals surface area contributed by atoms with Crippen molar-refractivity contribution in [2.45, 2.75) is 52.2 Å². The van der Waals surface area contributed by atoms with Crippen LogP contribution in [0.3, 0.4) is 0 Å². The Morgan fingerprint density at radius 1 is 0.974 bits per heavy atom. The Morgan fingerprint density at radius 3 is 2.28 bits per heavy atom. The van der Waals surface area contributed by atoms with Gasteiger partial charge in [-0.05, 0) is 81.3 Å². The summed E-state index contributed by atoms with van der Waals surface area (Å²) in [5.74, 6) is 0.714. The molecular weight excluding hydrogens is 494 g/mol. The van der Waals surface area contributed by atoms with Crippen LogP contribution in [0.4, 0.5) is 5.69 Å². The molecule has 204 valence electrons. The fourth-order valence-electron chi connectivity index (χ4n) is 4.24. The number of fused-ring (bicyclic) bond motifs is 1. The third kappa shape index (κ3) is 6.37. The van der Waals surface area contributed by atoms with Gasteiger partial charge in [0.25, 0.3) is 0 Å². The van der Waals surface area contributed by atoms with Crippen LogP contribution in [0, 0.1) is 0 Å². The Bertz CT molecular complexity index is 1410. The highest BCUT2D eigenvalue weighted by Crippen LogP contribution is 2.32. The molecule has 0 aliphatic carbocycles. The molecule has 1 aromatic heterocycles. The lowest BCUT2D eigenvalue weighted by Crippen LogP contribution is -2.51. The van der Waals surface area contributed by atoms with E-state index in [0.717, 1.165) is 11.9 Å². The monoisotopic (exact) mass is 529 g/mol. The Morgan fingerprint density at radius 2 is 1.64 bits per heavy atom. The molecule has 1 unspecified atom stereocenters. The number of hydrogen-bond acceptors (Lipinski definition) is 6. The second kappa shape index (κ2) is 12.0. The van der Waals surface area contributed by atoms with Gasteiger partial charge in [0, 0.05) is 11.2 Å². The Balaban J connectivity index is 1.81. The van der Waals surface area contributed by atoms with E-state index in [4.69, 9.17) is 9.47 Å². The summed E-state index contributed by atoms with van der Waals surface area (Å²) in [6, 6.07) is 20.8. The van der Waals surface area contributed by atoms with Gasteiger partial charge in [0.2, 0.25) is 11.8 Å². The number of methoxy groups -OCH3 is 1. The first-order chi connectivity index (χ1) is 18.8. The third-order valence-electron chi connectivity index (χ3n) is 6.68. The van der Waals surface area contributed by atoms with Gasteiger partial charge < -0.3 is 14.8 Å². The molecule has 1 N–H and O–H groups in total. The molecule has 2 amide bonds. The topological polar surface area (TPSA) is 98.6 Å². The molecule has 1 atom stereocenters. The molecular formula is C30H35N5O4. The summed E-state index contributed by atoms with van der Waals surface area (Å²) in [7, 11) is 1.58. The van der Waals surface area contributed by atoms with Crippen molar-refractivity contribution in [3.63, 3.8) is 0 Å². The summed E-state index contributed by atoms with van der Waals surface area (Å²) in [4.78, 5) is 29.6. The van der Waals surface area contributed by atoms with Gasteiger partial charge in [-0.3, -0.25) is 14.5 Å². The van der Waals surface area contributed by atoms with Crippen LogP contribution in [0.5, 0.6) is 11.5 Å². The van der Waals surface area contributed by atoms with Crippen molar-refractivity contribution >= 4 is 28.5 Å². The number of carbonyl (C=O) groups is 2. The Hall–Kier alpha value is -4.40. The van der Waals surface area contributed by atoms with Crippen molar-refractivity contribution in [3.05, 3.63) is 78.4 Å². The quantitative estimate of drug-likeness (QED) is 0.296. The molecule has 9 heteroatoms. The summed E-state index contributed by atoms with van der Waals surface area (Å²) in [5.41, 5.74) is 2.14. The first-order valence-electron chi connectivity index (χ1n) is 13.1. The van der Waals surface area contributed by atoms with E-state index in [1.54, 1.807) is 48.2 Å². The zero-order valence-electron chi connectivity index (χ0n) is 23.0. The number of carbonyl (C=O) groups excluding carboxylic acids is 2. The van der Waals surface area contributed by atoms with Crippen molar-refractivity contribution in [3.8, 4) is 11.5 Å². The Labute approximate surface area is 228 Å². The van der Waals surface area contributed by atoms with Crippen LogP contribution in [0.25, 0.3) is 11.0 Å². The number of amides is 2. The third-order valence-corrected chi connectivity index (χ3v) is 6.68. The van der Waals surface area contributed by atoms with E-state index in [9.17, 15) is 9.59 Å². The minimum absolute atomic E-state index is 0.106. The lowest BCUT2D eigenvalue weighted by Gasteiger charge is -2.34. The van der Waals surface area contributed by atoms with Gasteiger partial charge in [0.05, 0.1) is 19.2 Å². The maximum atomic E-state index is 14.1. The number of benzene rings is 3. The maximum absolute atomic E-state index is 14.1. The van der Waals surface area contributed by atoms with Crippen molar-refractivity contribution in [2.75, 3.05) is 18.6 Å². The second-order valence-corrected chi connectivity index (χ2v) is 9.83. The average Bonchev–Trinajstić information content (AvgIpc) is 3.34. The summed E-state index contributed by atoms with van der Waals surface area (Å²) < 4.78 is 12.5. The van der Waals surface area contributed by atoms with Crippen LogP contribution >= 0.6 is 0 Å². The van der Waals surface area contributed by atoms with Crippen LogP contribution in [-0.2, 0) is 16.1 Å². The van der Waals surface area contributed by atoms with E-state index < -0.39 is 11.6 Å². The number of hydrogen-bond donors (Lipinski definition) is 1. The summed E-state index contributed by atoms with van der Waals surface area (Å²) >= 11 is 0. The highest BCUT2D eigenvalue weighted by Gasteiger charge is 2.35. The maximum Gasteiger partial charge on any atom is 0.249 e. The molecule has 9 nitrogen and oxygen atoms in total.